The number of unbranched alkanes of at least 4 members (excludes halogenated alkanes) is 10. The summed E-state index contributed by atoms with van der Waals surface area (Å²) in [7, 11) is 0. The maximum Gasteiger partial charge on any atom is 0.306 e. The minimum absolute atomic E-state index is 0.135. The highest BCUT2D eigenvalue weighted by Gasteiger charge is 2.24. The van der Waals surface area contributed by atoms with Crippen molar-refractivity contribution in [2.24, 2.45) is 23.7 Å². The zero-order chi connectivity index (χ0) is 23.3. The van der Waals surface area contributed by atoms with E-state index in [1.807, 2.05) is 0 Å². The molecule has 0 saturated heterocycles. The average Bonchev–Trinajstić information content (AvgIpc) is 2.72. The van der Waals surface area contributed by atoms with Crippen LogP contribution in [-0.4, -0.2) is 11.1 Å². The number of hydrogen-bond acceptors (Lipinski definition) is 1. The third kappa shape index (κ3) is 19.9. The summed E-state index contributed by atoms with van der Waals surface area (Å²) >= 11 is 0. The monoisotopic (exact) mass is 438 g/mol. The Bertz CT molecular complexity index is 390. The van der Waals surface area contributed by atoms with E-state index in [1.54, 1.807) is 0 Å². The van der Waals surface area contributed by atoms with Crippen LogP contribution in [-0.2, 0) is 4.79 Å². The van der Waals surface area contributed by atoms with Crippen molar-refractivity contribution in [2.75, 3.05) is 0 Å². The van der Waals surface area contributed by atoms with Crippen LogP contribution in [0.2, 0.25) is 0 Å². The van der Waals surface area contributed by atoms with Crippen LogP contribution in [0.3, 0.4) is 0 Å². The largest absolute Gasteiger partial charge is 0.481 e. The number of hydrogen-bond donors (Lipinski definition) is 1. The summed E-state index contributed by atoms with van der Waals surface area (Å²) in [6, 6.07) is 0. The predicted molar refractivity (Wildman–Crippen MR) is 138 cm³/mol. The predicted octanol–water partition coefficient (Wildman–Crippen LogP) is 10.0. The quantitative estimate of drug-likeness (QED) is 0.161. The van der Waals surface area contributed by atoms with Crippen LogP contribution in [0.4, 0.5) is 0 Å². The number of carboxylic acids is 1. The Balaban J connectivity index is 3.82. The van der Waals surface area contributed by atoms with Crippen LogP contribution in [0, 0.1) is 23.7 Å². The van der Waals surface area contributed by atoms with E-state index in [1.165, 1.54) is 109 Å². The second-order valence-electron chi connectivity index (χ2n) is 10.9. The van der Waals surface area contributed by atoms with Crippen LogP contribution >= 0.6 is 0 Å². The Labute approximate surface area is 196 Å². The van der Waals surface area contributed by atoms with Crippen molar-refractivity contribution in [2.45, 2.75) is 157 Å². The lowest BCUT2D eigenvalue weighted by molar-refractivity contribution is -0.143. The molecule has 3 unspecified atom stereocenters. The summed E-state index contributed by atoms with van der Waals surface area (Å²) < 4.78 is 0. The number of aliphatic carboxylic acids is 1. The minimum atomic E-state index is -0.561. The molecule has 0 aliphatic heterocycles. The van der Waals surface area contributed by atoms with Crippen LogP contribution in [0.25, 0.3) is 0 Å². The maximum absolute atomic E-state index is 11.8. The highest BCUT2D eigenvalue weighted by atomic mass is 16.4. The molecule has 0 aromatic carbocycles. The summed E-state index contributed by atoms with van der Waals surface area (Å²) in [6.07, 6.45) is 24.2. The highest BCUT2D eigenvalue weighted by molar-refractivity contribution is 5.69. The molecule has 0 aromatic rings. The molecule has 0 amide bonds. The lowest BCUT2D eigenvalue weighted by atomic mass is 9.82. The Morgan fingerprint density at radius 2 is 1.13 bits per heavy atom. The summed E-state index contributed by atoms with van der Waals surface area (Å²) in [4.78, 5) is 11.8. The van der Waals surface area contributed by atoms with E-state index >= 15 is 0 Å². The van der Waals surface area contributed by atoms with Crippen LogP contribution in [0.1, 0.15) is 157 Å². The first-order valence-electron chi connectivity index (χ1n) is 14.1. The second kappa shape index (κ2) is 21.3. The Kier molecular flexibility index (Phi) is 21.0. The first-order valence-corrected chi connectivity index (χ1v) is 14.1. The fourth-order valence-electron chi connectivity index (χ4n) is 5.04. The van der Waals surface area contributed by atoms with E-state index in [4.69, 9.17) is 0 Å². The van der Waals surface area contributed by atoms with Gasteiger partial charge in [0.2, 0.25) is 0 Å². The van der Waals surface area contributed by atoms with Crippen molar-refractivity contribution < 1.29 is 9.90 Å². The number of carboxylic acid groups (broad SMARTS) is 1. The summed E-state index contributed by atoms with van der Waals surface area (Å²) in [5.74, 6) is 1.31. The molecule has 31 heavy (non-hydrogen) atoms. The standard InChI is InChI=1S/C29H58O2/c1-6-8-22-27(19-7-2)24-28(29(30)31)23-26(5)21-18-16-14-12-10-9-11-13-15-17-20-25(3)4/h25-28H,6-24H2,1-5H3,(H,30,31). The van der Waals surface area contributed by atoms with Gasteiger partial charge in [-0.15, -0.1) is 0 Å². The zero-order valence-electron chi connectivity index (χ0n) is 22.1. The molecule has 0 radical (unpaired) electrons. The molecule has 0 bridgehead atoms. The van der Waals surface area contributed by atoms with Gasteiger partial charge in [0.05, 0.1) is 5.92 Å². The van der Waals surface area contributed by atoms with E-state index in [9.17, 15) is 9.90 Å². The van der Waals surface area contributed by atoms with Gasteiger partial charge in [-0.05, 0) is 30.6 Å². The molecule has 0 heterocycles. The summed E-state index contributed by atoms with van der Waals surface area (Å²) in [5.41, 5.74) is 0. The minimum Gasteiger partial charge on any atom is -0.481 e. The van der Waals surface area contributed by atoms with Crippen molar-refractivity contribution in [3.05, 3.63) is 0 Å². The van der Waals surface area contributed by atoms with Gasteiger partial charge in [0.25, 0.3) is 0 Å². The second-order valence-corrected chi connectivity index (χ2v) is 10.9. The molecule has 2 nitrogen and oxygen atoms in total. The normalized spacial score (nSPS) is 14.6. The topological polar surface area (TPSA) is 37.3 Å². The van der Waals surface area contributed by atoms with Crippen molar-refractivity contribution in [1.82, 2.24) is 0 Å². The first-order chi connectivity index (χ1) is 14.9. The summed E-state index contributed by atoms with van der Waals surface area (Å²) in [5, 5.41) is 9.75. The van der Waals surface area contributed by atoms with Gasteiger partial charge in [0.15, 0.2) is 0 Å². The highest BCUT2D eigenvalue weighted by Crippen LogP contribution is 2.29. The van der Waals surface area contributed by atoms with Crippen LogP contribution in [0.15, 0.2) is 0 Å². The molecule has 0 fully saturated rings. The van der Waals surface area contributed by atoms with E-state index in [2.05, 4.69) is 34.6 Å². The fourth-order valence-corrected chi connectivity index (χ4v) is 5.04. The Morgan fingerprint density at radius 1 is 0.613 bits per heavy atom. The van der Waals surface area contributed by atoms with Gasteiger partial charge in [0.1, 0.15) is 0 Å². The van der Waals surface area contributed by atoms with Gasteiger partial charge < -0.3 is 5.11 Å². The molecule has 0 aromatic heterocycles. The molecule has 3 atom stereocenters. The smallest absolute Gasteiger partial charge is 0.306 e. The molecule has 0 aliphatic carbocycles. The molecule has 2 heteroatoms. The van der Waals surface area contributed by atoms with Gasteiger partial charge in [-0.25, -0.2) is 0 Å². The van der Waals surface area contributed by atoms with Gasteiger partial charge in [-0.2, -0.15) is 0 Å². The Hall–Kier alpha value is -0.530. The zero-order valence-corrected chi connectivity index (χ0v) is 22.1. The fraction of sp³-hybridized carbons (Fsp3) is 0.966. The van der Waals surface area contributed by atoms with Crippen LogP contribution < -0.4 is 0 Å². The van der Waals surface area contributed by atoms with Crippen molar-refractivity contribution in [3.8, 4) is 0 Å². The molecule has 0 aliphatic rings. The molecule has 0 saturated carbocycles. The lowest BCUT2D eigenvalue weighted by Crippen LogP contribution is -2.20. The molecular formula is C29H58O2. The van der Waals surface area contributed by atoms with Crippen molar-refractivity contribution in [3.63, 3.8) is 0 Å². The SMILES string of the molecule is CCCCC(CCC)CC(CC(C)CCCCCCCCCCCCC(C)C)C(=O)O. The molecular weight excluding hydrogens is 380 g/mol. The number of rotatable bonds is 23. The lowest BCUT2D eigenvalue weighted by Gasteiger charge is -2.23. The van der Waals surface area contributed by atoms with Gasteiger partial charge in [-0.3, -0.25) is 4.79 Å². The van der Waals surface area contributed by atoms with E-state index in [0.717, 1.165) is 18.8 Å². The average molecular weight is 439 g/mol. The third-order valence-corrected chi connectivity index (χ3v) is 7.05. The molecule has 186 valence electrons. The third-order valence-electron chi connectivity index (χ3n) is 7.05. The Morgan fingerprint density at radius 3 is 1.58 bits per heavy atom. The van der Waals surface area contributed by atoms with Crippen LogP contribution in [0.5, 0.6) is 0 Å². The van der Waals surface area contributed by atoms with E-state index < -0.39 is 5.97 Å². The van der Waals surface area contributed by atoms with Gasteiger partial charge >= 0.3 is 5.97 Å². The van der Waals surface area contributed by atoms with E-state index in [-0.39, 0.29) is 5.92 Å². The summed E-state index contributed by atoms with van der Waals surface area (Å²) in [6.45, 7) is 11.4. The molecule has 0 spiro atoms. The van der Waals surface area contributed by atoms with Crippen molar-refractivity contribution in [1.29, 1.82) is 0 Å². The van der Waals surface area contributed by atoms with E-state index in [0.29, 0.717) is 11.8 Å². The van der Waals surface area contributed by atoms with Crippen molar-refractivity contribution >= 4 is 5.97 Å². The number of carbonyl (C=O) groups is 1. The molecule has 0 rings (SSSR count). The first kappa shape index (κ1) is 30.5. The van der Waals surface area contributed by atoms with Gasteiger partial charge in [0, 0.05) is 0 Å². The maximum atomic E-state index is 11.8. The van der Waals surface area contributed by atoms with Gasteiger partial charge in [-0.1, -0.05) is 144 Å². The molecule has 1 N–H and O–H groups in total.